The standard InChI is InChI=1S/C10H12/c1-3-7-5-8-6-10(8)9(7)4-2/h5-6H,3-4H2,1-2H3. The molecule has 0 aromatic carbocycles. The van der Waals surface area contributed by atoms with Crippen molar-refractivity contribution in [3.05, 3.63) is 23.3 Å². The highest BCUT2D eigenvalue weighted by Gasteiger charge is 2.19. The first-order chi connectivity index (χ1) is 4.86. The van der Waals surface area contributed by atoms with Crippen LogP contribution in [0.4, 0.5) is 0 Å². The summed E-state index contributed by atoms with van der Waals surface area (Å²) in [5, 5.41) is 0. The second kappa shape index (κ2) is 1.85. The Kier molecular flexibility index (Phi) is 1.10. The van der Waals surface area contributed by atoms with Gasteiger partial charge in [0, 0.05) is 0 Å². The lowest BCUT2D eigenvalue weighted by molar-refractivity contribution is 1.06. The van der Waals surface area contributed by atoms with Crippen LogP contribution in [-0.2, 0) is 12.8 Å². The van der Waals surface area contributed by atoms with Crippen LogP contribution in [0, 0.1) is 0 Å². The maximum Gasteiger partial charge on any atom is -0.0143 e. The number of aryl methyl sites for hydroxylation is 1. The van der Waals surface area contributed by atoms with Gasteiger partial charge in [0.1, 0.15) is 0 Å². The van der Waals surface area contributed by atoms with Crippen LogP contribution in [0.3, 0.4) is 0 Å². The number of benzene rings is 1. The summed E-state index contributed by atoms with van der Waals surface area (Å²) in [5.41, 5.74) is 6.19. The molecule has 0 N–H and O–H groups in total. The number of hydrogen-bond donors (Lipinski definition) is 0. The van der Waals surface area contributed by atoms with E-state index >= 15 is 0 Å². The summed E-state index contributed by atoms with van der Waals surface area (Å²) in [4.78, 5) is 0. The first-order valence-electron chi connectivity index (χ1n) is 4.03. The Bertz CT molecular complexity index is 272. The summed E-state index contributed by atoms with van der Waals surface area (Å²) >= 11 is 0. The minimum absolute atomic E-state index is 1.20. The Morgan fingerprint density at radius 1 is 1.10 bits per heavy atom. The maximum absolute atomic E-state index is 2.33. The third kappa shape index (κ3) is 0.620. The zero-order chi connectivity index (χ0) is 7.14. The van der Waals surface area contributed by atoms with Gasteiger partial charge in [-0.3, -0.25) is 0 Å². The van der Waals surface area contributed by atoms with Gasteiger partial charge in [0.25, 0.3) is 0 Å². The van der Waals surface area contributed by atoms with Crippen LogP contribution in [0.15, 0.2) is 12.1 Å². The molecule has 0 heterocycles. The Balaban J connectivity index is 2.44. The van der Waals surface area contributed by atoms with E-state index in [-0.39, 0.29) is 0 Å². The van der Waals surface area contributed by atoms with Gasteiger partial charge in [-0.25, -0.2) is 0 Å². The van der Waals surface area contributed by atoms with Crippen LogP contribution in [0.5, 0.6) is 0 Å². The zero-order valence-corrected chi connectivity index (χ0v) is 6.57. The molecule has 2 rings (SSSR count). The topological polar surface area (TPSA) is 0 Å². The zero-order valence-electron chi connectivity index (χ0n) is 6.57. The molecule has 0 aromatic rings. The average Bonchev–Trinajstić information content (AvgIpc) is 2.63. The van der Waals surface area contributed by atoms with Crippen molar-refractivity contribution in [2.45, 2.75) is 26.7 Å². The van der Waals surface area contributed by atoms with E-state index in [1.807, 2.05) is 0 Å². The fourth-order valence-corrected chi connectivity index (χ4v) is 1.68. The summed E-state index contributed by atoms with van der Waals surface area (Å²) in [6.07, 6.45) is 2.40. The van der Waals surface area contributed by atoms with E-state index in [9.17, 15) is 0 Å². The highest BCUT2D eigenvalue weighted by atomic mass is 14.2. The van der Waals surface area contributed by atoms with Crippen molar-refractivity contribution in [2.24, 2.45) is 0 Å². The van der Waals surface area contributed by atoms with Gasteiger partial charge in [0.2, 0.25) is 0 Å². The molecule has 0 radical (unpaired) electrons. The molecule has 0 saturated heterocycles. The highest BCUT2D eigenvalue weighted by Crippen LogP contribution is 2.41. The van der Waals surface area contributed by atoms with E-state index in [1.54, 1.807) is 16.7 Å². The molecule has 2 aliphatic carbocycles. The number of fused-ring (bicyclic) bond motifs is 1. The lowest BCUT2D eigenvalue weighted by Crippen LogP contribution is -1.83. The Labute approximate surface area is 61.9 Å². The molecular weight excluding hydrogens is 120 g/mol. The van der Waals surface area contributed by atoms with Crippen molar-refractivity contribution >= 4 is 0 Å². The molecule has 0 amide bonds. The summed E-state index contributed by atoms with van der Waals surface area (Å²) < 4.78 is 0. The quantitative estimate of drug-likeness (QED) is 0.589. The molecule has 0 saturated carbocycles. The predicted molar refractivity (Wildman–Crippen MR) is 44.2 cm³/mol. The van der Waals surface area contributed by atoms with Crippen molar-refractivity contribution in [1.29, 1.82) is 0 Å². The lowest BCUT2D eigenvalue weighted by atomic mass is 10.1. The monoisotopic (exact) mass is 132 g/mol. The van der Waals surface area contributed by atoms with Crippen molar-refractivity contribution < 1.29 is 0 Å². The van der Waals surface area contributed by atoms with E-state index in [4.69, 9.17) is 0 Å². The van der Waals surface area contributed by atoms with Gasteiger partial charge in [-0.15, -0.1) is 0 Å². The summed E-state index contributed by atoms with van der Waals surface area (Å²) in [6.45, 7) is 4.47. The third-order valence-electron chi connectivity index (χ3n) is 2.30. The molecule has 0 nitrogen and oxygen atoms in total. The van der Waals surface area contributed by atoms with Crippen molar-refractivity contribution in [2.75, 3.05) is 0 Å². The summed E-state index contributed by atoms with van der Waals surface area (Å²) in [5.74, 6) is 0. The van der Waals surface area contributed by atoms with Crippen LogP contribution in [-0.4, -0.2) is 0 Å². The minimum atomic E-state index is 1.20. The molecule has 52 valence electrons. The number of hydrogen-bond acceptors (Lipinski definition) is 0. The smallest absolute Gasteiger partial charge is 0.0143 e. The molecule has 10 heavy (non-hydrogen) atoms. The molecule has 0 heteroatoms. The maximum atomic E-state index is 2.33. The van der Waals surface area contributed by atoms with Gasteiger partial charge < -0.3 is 0 Å². The van der Waals surface area contributed by atoms with Gasteiger partial charge in [-0.1, -0.05) is 19.9 Å². The third-order valence-corrected chi connectivity index (χ3v) is 2.30. The molecular formula is C10H12. The van der Waals surface area contributed by atoms with E-state index in [2.05, 4.69) is 26.0 Å². The summed E-state index contributed by atoms with van der Waals surface area (Å²) in [7, 11) is 0. The van der Waals surface area contributed by atoms with Gasteiger partial charge in [0.05, 0.1) is 0 Å². The first kappa shape index (κ1) is 5.96. The second-order valence-electron chi connectivity index (χ2n) is 2.87. The van der Waals surface area contributed by atoms with Gasteiger partial charge >= 0.3 is 0 Å². The Morgan fingerprint density at radius 2 is 1.90 bits per heavy atom. The largest absolute Gasteiger partial charge is 0.0613 e. The predicted octanol–water partition coefficient (Wildman–Crippen LogP) is 2.79. The van der Waals surface area contributed by atoms with E-state index in [0.717, 1.165) is 0 Å². The van der Waals surface area contributed by atoms with Crippen LogP contribution >= 0.6 is 0 Å². The molecule has 0 fully saturated rings. The molecule has 0 spiro atoms. The van der Waals surface area contributed by atoms with Gasteiger partial charge in [-0.2, -0.15) is 0 Å². The molecule has 0 aliphatic heterocycles. The molecule has 0 aromatic heterocycles. The fourth-order valence-electron chi connectivity index (χ4n) is 1.68. The van der Waals surface area contributed by atoms with E-state index < -0.39 is 0 Å². The van der Waals surface area contributed by atoms with Crippen molar-refractivity contribution in [3.8, 4) is 11.1 Å². The molecule has 2 aliphatic rings. The average molecular weight is 132 g/mol. The second-order valence-corrected chi connectivity index (χ2v) is 2.87. The van der Waals surface area contributed by atoms with Gasteiger partial charge in [-0.05, 0) is 41.2 Å². The van der Waals surface area contributed by atoms with Crippen LogP contribution in [0.2, 0.25) is 0 Å². The molecule has 0 bridgehead atoms. The molecule has 0 atom stereocenters. The first-order valence-corrected chi connectivity index (χ1v) is 4.03. The Hall–Kier alpha value is -0.780. The van der Waals surface area contributed by atoms with E-state index in [0.29, 0.717) is 0 Å². The highest BCUT2D eigenvalue weighted by molar-refractivity contribution is 5.86. The number of rotatable bonds is 2. The molecule has 0 unspecified atom stereocenters. The Morgan fingerprint density at radius 3 is 2.40 bits per heavy atom. The SMILES string of the molecule is CCc1cc2cc-2c1CC. The van der Waals surface area contributed by atoms with Crippen molar-refractivity contribution in [1.82, 2.24) is 0 Å². The van der Waals surface area contributed by atoms with Crippen LogP contribution in [0.1, 0.15) is 25.0 Å². The minimum Gasteiger partial charge on any atom is -0.0613 e. The van der Waals surface area contributed by atoms with Crippen molar-refractivity contribution in [3.63, 3.8) is 0 Å². The normalized spacial score (nSPS) is 11.8. The fraction of sp³-hybridized carbons (Fsp3) is 0.400. The van der Waals surface area contributed by atoms with Crippen LogP contribution < -0.4 is 0 Å². The van der Waals surface area contributed by atoms with Crippen LogP contribution in [0.25, 0.3) is 11.1 Å². The van der Waals surface area contributed by atoms with E-state index in [1.165, 1.54) is 18.4 Å². The lowest BCUT2D eigenvalue weighted by Gasteiger charge is -1.96. The summed E-state index contributed by atoms with van der Waals surface area (Å²) in [6, 6.07) is 4.60. The van der Waals surface area contributed by atoms with Gasteiger partial charge in [0.15, 0.2) is 0 Å².